The minimum atomic E-state index is 0.640. The molecule has 1 saturated heterocycles. The van der Waals surface area contributed by atoms with Crippen LogP contribution in [-0.4, -0.2) is 54.1 Å². The van der Waals surface area contributed by atoms with Crippen LogP contribution in [0.25, 0.3) is 0 Å². The number of piperazine rings is 1. The van der Waals surface area contributed by atoms with Gasteiger partial charge in [-0.2, -0.15) is 0 Å². The monoisotopic (exact) mass is 387 g/mol. The van der Waals surface area contributed by atoms with Crippen molar-refractivity contribution < 1.29 is 23.8 Å². The van der Waals surface area contributed by atoms with Crippen molar-refractivity contribution in [2.45, 2.75) is 13.5 Å². The van der Waals surface area contributed by atoms with Crippen LogP contribution in [0.2, 0.25) is 0 Å². The second kappa shape index (κ2) is 9.55. The number of ether oxygens (including phenoxy) is 4. The first-order valence-corrected chi connectivity index (χ1v) is 9.79. The predicted octanol–water partition coefficient (Wildman–Crippen LogP) is 2.02. The van der Waals surface area contributed by atoms with Gasteiger partial charge in [-0.3, -0.25) is 0 Å². The Bertz CT molecular complexity index is 748. The van der Waals surface area contributed by atoms with Gasteiger partial charge in [0, 0.05) is 5.56 Å². The number of nitrogens with zero attached hydrogens (tertiary/aromatic N) is 1. The molecule has 1 N–H and O–H groups in total. The predicted molar refractivity (Wildman–Crippen MR) is 110 cm³/mol. The van der Waals surface area contributed by atoms with Gasteiger partial charge < -0.3 is 28.7 Å². The first-order valence-electron chi connectivity index (χ1n) is 9.79. The topological polar surface area (TPSA) is 44.6 Å². The van der Waals surface area contributed by atoms with Crippen LogP contribution in [0.1, 0.15) is 12.5 Å². The summed E-state index contributed by atoms with van der Waals surface area (Å²) in [4.78, 5) is 3.96. The Morgan fingerprint density at radius 3 is 2.11 bits per heavy atom. The summed E-state index contributed by atoms with van der Waals surface area (Å²) in [6, 6.07) is 12.4. The van der Waals surface area contributed by atoms with Crippen LogP contribution in [0, 0.1) is 0 Å². The van der Waals surface area contributed by atoms with Gasteiger partial charge in [-0.05, 0) is 31.2 Å². The second-order valence-electron chi connectivity index (χ2n) is 6.85. The molecular formula is C22H31N2O4+. The molecule has 0 aromatic heterocycles. The summed E-state index contributed by atoms with van der Waals surface area (Å²) in [6.45, 7) is 7.78. The first kappa shape index (κ1) is 20.1. The zero-order valence-electron chi connectivity index (χ0n) is 17.3. The fraction of sp³-hybridized carbons (Fsp3) is 0.455. The molecule has 1 aliphatic heterocycles. The Kier molecular flexibility index (Phi) is 6.87. The van der Waals surface area contributed by atoms with E-state index in [0.717, 1.165) is 38.5 Å². The Labute approximate surface area is 167 Å². The summed E-state index contributed by atoms with van der Waals surface area (Å²) in [5, 5.41) is 0. The molecule has 1 aliphatic rings. The third kappa shape index (κ3) is 4.44. The van der Waals surface area contributed by atoms with E-state index in [-0.39, 0.29) is 0 Å². The van der Waals surface area contributed by atoms with Gasteiger partial charge in [0.25, 0.3) is 0 Å². The van der Waals surface area contributed by atoms with Gasteiger partial charge in [0.15, 0.2) is 11.5 Å². The molecule has 1 fully saturated rings. The van der Waals surface area contributed by atoms with Crippen LogP contribution < -0.4 is 28.7 Å². The summed E-state index contributed by atoms with van der Waals surface area (Å²) >= 11 is 0. The van der Waals surface area contributed by atoms with Gasteiger partial charge in [-0.25, -0.2) is 0 Å². The summed E-state index contributed by atoms with van der Waals surface area (Å²) in [6.07, 6.45) is 0. The fourth-order valence-electron chi connectivity index (χ4n) is 3.76. The molecule has 2 aromatic carbocycles. The van der Waals surface area contributed by atoms with Crippen LogP contribution in [0.5, 0.6) is 23.0 Å². The third-order valence-corrected chi connectivity index (χ3v) is 5.15. The highest BCUT2D eigenvalue weighted by Crippen LogP contribution is 2.38. The van der Waals surface area contributed by atoms with Crippen molar-refractivity contribution in [2.75, 3.05) is 59.0 Å². The Morgan fingerprint density at radius 2 is 1.54 bits per heavy atom. The molecule has 152 valence electrons. The molecule has 28 heavy (non-hydrogen) atoms. The van der Waals surface area contributed by atoms with E-state index >= 15 is 0 Å². The van der Waals surface area contributed by atoms with E-state index in [0.29, 0.717) is 23.9 Å². The minimum absolute atomic E-state index is 0.640. The zero-order valence-corrected chi connectivity index (χ0v) is 17.3. The maximum atomic E-state index is 5.80. The highest BCUT2D eigenvalue weighted by atomic mass is 16.5. The van der Waals surface area contributed by atoms with Crippen molar-refractivity contribution in [2.24, 2.45) is 0 Å². The maximum absolute atomic E-state index is 5.80. The molecule has 0 radical (unpaired) electrons. The van der Waals surface area contributed by atoms with Crippen LogP contribution in [-0.2, 0) is 6.54 Å². The SMILES string of the molecule is CCOc1ccccc1N1CC[NH+](Cc2cc(OC)c(OC)c(OC)c2)CC1. The molecule has 2 aromatic rings. The maximum Gasteiger partial charge on any atom is 0.203 e. The standard InChI is InChI=1S/C22H30N2O4/c1-5-28-19-9-7-6-8-18(19)24-12-10-23(11-13-24)16-17-14-20(25-2)22(27-4)21(15-17)26-3/h6-9,14-15H,5,10-13,16H2,1-4H3/p+1. The van der Waals surface area contributed by atoms with E-state index < -0.39 is 0 Å². The first-order chi connectivity index (χ1) is 13.7. The third-order valence-electron chi connectivity index (χ3n) is 5.15. The summed E-state index contributed by atoms with van der Waals surface area (Å²) in [5.74, 6) is 3.03. The Balaban J connectivity index is 1.66. The average Bonchev–Trinajstić information content (AvgIpc) is 2.74. The van der Waals surface area contributed by atoms with Crippen molar-refractivity contribution in [3.05, 3.63) is 42.0 Å². The molecule has 0 aliphatic carbocycles. The Morgan fingerprint density at radius 1 is 0.893 bits per heavy atom. The number of benzene rings is 2. The van der Waals surface area contributed by atoms with Crippen molar-refractivity contribution in [1.82, 2.24) is 0 Å². The number of anilines is 1. The van der Waals surface area contributed by atoms with Crippen molar-refractivity contribution in [1.29, 1.82) is 0 Å². The second-order valence-corrected chi connectivity index (χ2v) is 6.85. The number of nitrogens with one attached hydrogen (secondary N) is 1. The average molecular weight is 388 g/mol. The van der Waals surface area contributed by atoms with Crippen molar-refractivity contribution in [3.63, 3.8) is 0 Å². The summed E-state index contributed by atoms with van der Waals surface area (Å²) in [5.41, 5.74) is 2.38. The van der Waals surface area contributed by atoms with E-state index in [1.807, 2.05) is 31.2 Å². The zero-order chi connectivity index (χ0) is 19.9. The number of rotatable bonds is 8. The van der Waals surface area contributed by atoms with Crippen LogP contribution in [0.3, 0.4) is 0 Å². The number of hydrogen-bond acceptors (Lipinski definition) is 5. The molecule has 6 heteroatoms. The minimum Gasteiger partial charge on any atom is -0.493 e. The van der Waals surface area contributed by atoms with E-state index in [1.54, 1.807) is 26.2 Å². The van der Waals surface area contributed by atoms with E-state index in [4.69, 9.17) is 18.9 Å². The van der Waals surface area contributed by atoms with Gasteiger partial charge in [-0.15, -0.1) is 0 Å². The molecule has 0 spiro atoms. The molecule has 6 nitrogen and oxygen atoms in total. The molecule has 3 rings (SSSR count). The quantitative estimate of drug-likeness (QED) is 0.751. The highest BCUT2D eigenvalue weighted by Gasteiger charge is 2.23. The normalized spacial score (nSPS) is 14.6. The van der Waals surface area contributed by atoms with Gasteiger partial charge in [0.2, 0.25) is 5.75 Å². The summed E-state index contributed by atoms with van der Waals surface area (Å²) in [7, 11) is 4.94. The number of methoxy groups -OCH3 is 3. The Hall–Kier alpha value is -2.60. The molecule has 0 atom stereocenters. The van der Waals surface area contributed by atoms with E-state index in [9.17, 15) is 0 Å². The lowest BCUT2D eigenvalue weighted by Crippen LogP contribution is -3.13. The lowest BCUT2D eigenvalue weighted by molar-refractivity contribution is -0.914. The smallest absolute Gasteiger partial charge is 0.203 e. The van der Waals surface area contributed by atoms with Crippen LogP contribution in [0.4, 0.5) is 5.69 Å². The molecule has 1 heterocycles. The largest absolute Gasteiger partial charge is 0.493 e. The number of hydrogen-bond donors (Lipinski definition) is 1. The van der Waals surface area contributed by atoms with Crippen LogP contribution in [0.15, 0.2) is 36.4 Å². The molecule has 0 amide bonds. The van der Waals surface area contributed by atoms with E-state index in [1.165, 1.54) is 11.3 Å². The van der Waals surface area contributed by atoms with E-state index in [2.05, 4.69) is 17.0 Å². The lowest BCUT2D eigenvalue weighted by atomic mass is 10.1. The molecular weight excluding hydrogens is 356 g/mol. The number of quaternary nitrogens is 1. The van der Waals surface area contributed by atoms with Gasteiger partial charge in [0.05, 0.1) is 59.8 Å². The summed E-state index contributed by atoms with van der Waals surface area (Å²) < 4.78 is 22.2. The van der Waals surface area contributed by atoms with Gasteiger partial charge in [-0.1, -0.05) is 12.1 Å². The molecule has 0 bridgehead atoms. The molecule has 0 saturated carbocycles. The number of para-hydroxylation sites is 2. The highest BCUT2D eigenvalue weighted by molar-refractivity contribution is 5.58. The fourth-order valence-corrected chi connectivity index (χ4v) is 3.76. The van der Waals surface area contributed by atoms with Gasteiger partial charge >= 0.3 is 0 Å². The lowest BCUT2D eigenvalue weighted by Gasteiger charge is -2.34. The van der Waals surface area contributed by atoms with Crippen molar-refractivity contribution in [3.8, 4) is 23.0 Å². The van der Waals surface area contributed by atoms with Gasteiger partial charge in [0.1, 0.15) is 12.3 Å². The van der Waals surface area contributed by atoms with Crippen molar-refractivity contribution >= 4 is 5.69 Å². The molecule has 0 unspecified atom stereocenters. The van der Waals surface area contributed by atoms with Crippen LogP contribution >= 0.6 is 0 Å².